The normalized spacial score (nSPS) is 12.9. The number of rotatable bonds is 2. The van der Waals surface area contributed by atoms with Gasteiger partial charge < -0.3 is 0 Å². The third-order valence-electron chi connectivity index (χ3n) is 5.25. The molecule has 0 atom stereocenters. The summed E-state index contributed by atoms with van der Waals surface area (Å²) >= 11 is 1.50. The molecule has 0 aliphatic heterocycles. The van der Waals surface area contributed by atoms with E-state index in [1.165, 1.54) is 39.4 Å². The number of carbonyl (C=O) groups excluding carboxylic acids is 1. The van der Waals surface area contributed by atoms with E-state index in [9.17, 15) is 4.79 Å². The van der Waals surface area contributed by atoms with E-state index in [0.717, 1.165) is 28.6 Å². The predicted molar refractivity (Wildman–Crippen MR) is 112 cm³/mol. The molecule has 0 unspecified atom stereocenters. The number of thiazole rings is 1. The summed E-state index contributed by atoms with van der Waals surface area (Å²) in [6, 6.07) is 16.1. The number of hydrogen-bond acceptors (Lipinski definition) is 5. The highest BCUT2D eigenvalue weighted by atomic mass is 32.1. The van der Waals surface area contributed by atoms with E-state index >= 15 is 0 Å². The summed E-state index contributed by atoms with van der Waals surface area (Å²) in [7, 11) is 0. The average molecular weight is 382 g/mol. The Hall–Kier alpha value is -3.38. The Morgan fingerprint density at radius 1 is 0.964 bits per heavy atom. The lowest BCUT2D eigenvalue weighted by atomic mass is 10.0. The van der Waals surface area contributed by atoms with Crippen LogP contribution in [-0.4, -0.2) is 20.9 Å². The minimum Gasteiger partial charge on any atom is -0.296 e. The molecule has 1 N–H and O–H groups in total. The Morgan fingerprint density at radius 3 is 2.75 bits per heavy atom. The monoisotopic (exact) mass is 382 g/mol. The number of aromatic nitrogens is 3. The molecule has 28 heavy (non-hydrogen) atoms. The van der Waals surface area contributed by atoms with E-state index in [-0.39, 0.29) is 11.6 Å². The van der Waals surface area contributed by atoms with Crippen LogP contribution in [0.3, 0.4) is 0 Å². The van der Waals surface area contributed by atoms with Crippen molar-refractivity contribution in [3.63, 3.8) is 0 Å². The Bertz CT molecular complexity index is 1420. The molecule has 5 nitrogen and oxygen atoms in total. The number of anilines is 1. The second-order valence-corrected chi connectivity index (χ2v) is 7.97. The topological polar surface area (TPSA) is 67.8 Å². The lowest BCUT2D eigenvalue weighted by Gasteiger charge is -2.02. The molecule has 2 aromatic heterocycles. The van der Waals surface area contributed by atoms with Gasteiger partial charge in [0, 0.05) is 5.39 Å². The maximum atomic E-state index is 12.7. The van der Waals surface area contributed by atoms with Crippen molar-refractivity contribution in [1.29, 1.82) is 0 Å². The van der Waals surface area contributed by atoms with Crippen molar-refractivity contribution in [2.75, 3.05) is 5.32 Å². The Labute approximate surface area is 164 Å². The van der Waals surface area contributed by atoms with Gasteiger partial charge in [0.25, 0.3) is 5.91 Å². The largest absolute Gasteiger partial charge is 0.296 e. The number of nitrogens with zero attached hydrogens (tertiary/aromatic N) is 3. The van der Waals surface area contributed by atoms with E-state index in [1.807, 2.05) is 24.3 Å². The second-order valence-electron chi connectivity index (χ2n) is 6.94. The fourth-order valence-electron chi connectivity index (χ4n) is 3.99. The van der Waals surface area contributed by atoms with Crippen molar-refractivity contribution in [2.45, 2.75) is 12.8 Å². The van der Waals surface area contributed by atoms with E-state index < -0.39 is 0 Å². The van der Waals surface area contributed by atoms with Crippen LogP contribution in [0.15, 0.2) is 54.7 Å². The molecule has 134 valence electrons. The molecule has 0 radical (unpaired) electrons. The SMILES string of the molecule is O=C(Nc1nc2c(cc3c4c(cccc42)CC3)s1)c1cnc2ccccc2n1. The Balaban J connectivity index is 1.40. The standard InChI is InChI=1S/C22H14N4OS/c27-21(17-11-23-15-6-1-2-7-16(15)24-17)26-22-25-20-14-5-3-4-12-8-9-13(19(12)14)10-18(20)28-22/h1-7,10-11H,8-9H2,(H,25,26,27). The molecule has 5 aromatic rings. The summed E-state index contributed by atoms with van der Waals surface area (Å²) in [5.74, 6) is -0.297. The molecule has 1 aliphatic carbocycles. The molecule has 2 heterocycles. The third kappa shape index (κ3) is 2.31. The summed E-state index contributed by atoms with van der Waals surface area (Å²) in [5, 5.41) is 5.98. The first kappa shape index (κ1) is 15.7. The van der Waals surface area contributed by atoms with Crippen molar-refractivity contribution in [3.05, 3.63) is 71.5 Å². The van der Waals surface area contributed by atoms with Crippen molar-refractivity contribution in [2.24, 2.45) is 0 Å². The maximum Gasteiger partial charge on any atom is 0.277 e. The lowest BCUT2D eigenvalue weighted by molar-refractivity contribution is 0.102. The highest BCUT2D eigenvalue weighted by Crippen LogP contribution is 2.39. The molecule has 6 rings (SSSR count). The smallest absolute Gasteiger partial charge is 0.277 e. The van der Waals surface area contributed by atoms with E-state index in [2.05, 4.69) is 39.6 Å². The van der Waals surface area contributed by atoms with E-state index in [4.69, 9.17) is 4.98 Å². The predicted octanol–water partition coefficient (Wildman–Crippen LogP) is 4.74. The van der Waals surface area contributed by atoms with Gasteiger partial charge in [0.15, 0.2) is 5.13 Å². The zero-order chi connectivity index (χ0) is 18.7. The van der Waals surface area contributed by atoms with Gasteiger partial charge in [-0.15, -0.1) is 0 Å². The molecular weight excluding hydrogens is 368 g/mol. The number of aryl methyl sites for hydroxylation is 2. The third-order valence-corrected chi connectivity index (χ3v) is 6.17. The molecule has 0 saturated heterocycles. The highest BCUT2D eigenvalue weighted by Gasteiger charge is 2.19. The molecule has 0 bridgehead atoms. The van der Waals surface area contributed by atoms with Gasteiger partial charge in [-0.05, 0) is 47.6 Å². The first-order valence-corrected chi connectivity index (χ1v) is 9.95. The molecule has 0 spiro atoms. The van der Waals surface area contributed by atoms with Gasteiger partial charge in [-0.2, -0.15) is 0 Å². The minimum atomic E-state index is -0.297. The van der Waals surface area contributed by atoms with Crippen LogP contribution < -0.4 is 5.32 Å². The van der Waals surface area contributed by atoms with Crippen molar-refractivity contribution >= 4 is 54.4 Å². The molecule has 1 aliphatic rings. The Kier molecular flexibility index (Phi) is 3.25. The van der Waals surface area contributed by atoms with Crippen LogP contribution in [0, 0.1) is 0 Å². The van der Waals surface area contributed by atoms with E-state index in [1.54, 1.807) is 0 Å². The number of fused-ring (bicyclic) bond motifs is 3. The van der Waals surface area contributed by atoms with Crippen molar-refractivity contribution in [1.82, 2.24) is 15.0 Å². The van der Waals surface area contributed by atoms with Gasteiger partial charge in [0.05, 0.1) is 27.4 Å². The highest BCUT2D eigenvalue weighted by molar-refractivity contribution is 7.22. The molecule has 1 amide bonds. The maximum absolute atomic E-state index is 12.7. The minimum absolute atomic E-state index is 0.284. The van der Waals surface area contributed by atoms with Gasteiger partial charge in [-0.25, -0.2) is 9.97 Å². The molecule has 0 fully saturated rings. The summed E-state index contributed by atoms with van der Waals surface area (Å²) in [4.78, 5) is 26.1. The van der Waals surface area contributed by atoms with Crippen LogP contribution in [-0.2, 0) is 12.8 Å². The number of nitrogens with one attached hydrogen (secondary N) is 1. The zero-order valence-corrected chi connectivity index (χ0v) is 15.6. The lowest BCUT2D eigenvalue weighted by Crippen LogP contribution is -2.13. The van der Waals surface area contributed by atoms with Crippen molar-refractivity contribution in [3.8, 4) is 0 Å². The van der Waals surface area contributed by atoms with Crippen molar-refractivity contribution < 1.29 is 4.79 Å². The fourth-order valence-corrected chi connectivity index (χ4v) is 4.93. The van der Waals surface area contributed by atoms with Gasteiger partial charge >= 0.3 is 0 Å². The van der Waals surface area contributed by atoms with Crippen LogP contribution in [0.25, 0.3) is 32.0 Å². The van der Waals surface area contributed by atoms with Gasteiger partial charge in [-0.3, -0.25) is 15.1 Å². The molecule has 3 aromatic carbocycles. The summed E-state index contributed by atoms with van der Waals surface area (Å²) in [6.45, 7) is 0. The number of carbonyl (C=O) groups is 1. The summed E-state index contributed by atoms with van der Waals surface area (Å²) in [5.41, 5.74) is 5.46. The summed E-state index contributed by atoms with van der Waals surface area (Å²) in [6.07, 6.45) is 3.66. The zero-order valence-electron chi connectivity index (χ0n) is 14.8. The molecular formula is C22H14N4OS. The molecule has 6 heteroatoms. The van der Waals surface area contributed by atoms with Gasteiger partial charge in [0.1, 0.15) is 5.69 Å². The number of benzene rings is 3. The summed E-state index contributed by atoms with van der Waals surface area (Å²) < 4.78 is 1.10. The first-order chi connectivity index (χ1) is 13.8. The van der Waals surface area contributed by atoms with Crippen LogP contribution in [0.1, 0.15) is 21.6 Å². The van der Waals surface area contributed by atoms with Gasteiger partial charge in [-0.1, -0.05) is 41.7 Å². The van der Waals surface area contributed by atoms with E-state index in [0.29, 0.717) is 10.6 Å². The van der Waals surface area contributed by atoms with Crippen LogP contribution in [0.5, 0.6) is 0 Å². The number of para-hydroxylation sites is 2. The van der Waals surface area contributed by atoms with Crippen LogP contribution in [0.2, 0.25) is 0 Å². The number of hydrogen-bond donors (Lipinski definition) is 1. The fraction of sp³-hybridized carbons (Fsp3) is 0.0909. The Morgan fingerprint density at radius 2 is 1.82 bits per heavy atom. The molecule has 0 saturated carbocycles. The van der Waals surface area contributed by atoms with Crippen LogP contribution >= 0.6 is 11.3 Å². The quantitative estimate of drug-likeness (QED) is 0.479. The number of amides is 1. The second kappa shape index (κ2) is 5.81. The van der Waals surface area contributed by atoms with Gasteiger partial charge in [0.2, 0.25) is 0 Å². The first-order valence-electron chi connectivity index (χ1n) is 9.13. The van der Waals surface area contributed by atoms with Crippen LogP contribution in [0.4, 0.5) is 5.13 Å². The average Bonchev–Trinajstić information content (AvgIpc) is 3.33.